The van der Waals surface area contributed by atoms with E-state index in [1.807, 2.05) is 72.8 Å². The summed E-state index contributed by atoms with van der Waals surface area (Å²) >= 11 is 0. The molecule has 0 aliphatic carbocycles. The third-order valence-electron chi connectivity index (χ3n) is 5.84. The average Bonchev–Trinajstić information content (AvgIpc) is 2.87. The maximum Gasteiger partial charge on any atom is 0.339 e. The molecule has 33 heavy (non-hydrogen) atoms. The molecule has 6 nitrogen and oxygen atoms in total. The van der Waals surface area contributed by atoms with Crippen LogP contribution in [0.15, 0.2) is 78.9 Å². The molecule has 0 radical (unpaired) electrons. The minimum atomic E-state index is -0.513. The molecule has 1 fully saturated rings. The summed E-state index contributed by atoms with van der Waals surface area (Å²) in [5.74, 6) is -0.896. The Labute approximate surface area is 191 Å². The van der Waals surface area contributed by atoms with Crippen molar-refractivity contribution in [1.82, 2.24) is 0 Å². The summed E-state index contributed by atoms with van der Waals surface area (Å²) in [7, 11) is 0. The van der Waals surface area contributed by atoms with E-state index in [1.165, 1.54) is 0 Å². The van der Waals surface area contributed by atoms with E-state index >= 15 is 0 Å². The Bertz CT molecular complexity index is 1260. The summed E-state index contributed by atoms with van der Waals surface area (Å²) in [5, 5.41) is 6.31. The number of hydrogen-bond acceptors (Lipinski definition) is 5. The van der Waals surface area contributed by atoms with Crippen molar-refractivity contribution in [2.24, 2.45) is 0 Å². The molecule has 0 atom stereocenters. The van der Waals surface area contributed by atoms with Gasteiger partial charge in [0.25, 0.3) is 5.91 Å². The molecule has 0 saturated carbocycles. The molecule has 1 amide bonds. The van der Waals surface area contributed by atoms with Gasteiger partial charge in [-0.3, -0.25) is 4.79 Å². The van der Waals surface area contributed by atoms with Crippen LogP contribution in [-0.2, 0) is 14.3 Å². The average molecular weight is 440 g/mol. The predicted molar refractivity (Wildman–Crippen MR) is 130 cm³/mol. The van der Waals surface area contributed by atoms with Crippen LogP contribution in [0.1, 0.15) is 10.4 Å². The minimum absolute atomic E-state index is 0.360. The van der Waals surface area contributed by atoms with Gasteiger partial charge in [-0.1, -0.05) is 48.5 Å². The lowest BCUT2D eigenvalue weighted by Gasteiger charge is -2.28. The van der Waals surface area contributed by atoms with Crippen LogP contribution in [0.4, 0.5) is 11.4 Å². The SMILES string of the molecule is O=C(COC(=O)c1c2ccccc2cc2ccccc12)Nc1ccc(N2CCOCC2)cc1. The van der Waals surface area contributed by atoms with Crippen LogP contribution in [0, 0.1) is 0 Å². The lowest BCUT2D eigenvalue weighted by atomic mass is 9.97. The maximum absolute atomic E-state index is 13.0. The molecule has 1 N–H and O–H groups in total. The molecule has 1 aliphatic heterocycles. The van der Waals surface area contributed by atoms with Gasteiger partial charge in [0, 0.05) is 24.5 Å². The van der Waals surface area contributed by atoms with Crippen molar-refractivity contribution in [1.29, 1.82) is 0 Å². The Hall–Kier alpha value is -3.90. The van der Waals surface area contributed by atoms with Crippen LogP contribution in [0.25, 0.3) is 21.5 Å². The first-order valence-corrected chi connectivity index (χ1v) is 11.0. The van der Waals surface area contributed by atoms with E-state index in [2.05, 4.69) is 16.3 Å². The maximum atomic E-state index is 13.0. The molecular weight excluding hydrogens is 416 g/mol. The lowest BCUT2D eigenvalue weighted by Crippen LogP contribution is -2.36. The van der Waals surface area contributed by atoms with E-state index in [-0.39, 0.29) is 12.5 Å². The zero-order valence-electron chi connectivity index (χ0n) is 18.1. The fourth-order valence-corrected chi connectivity index (χ4v) is 4.21. The zero-order valence-corrected chi connectivity index (χ0v) is 18.1. The summed E-state index contributed by atoms with van der Waals surface area (Å²) in [4.78, 5) is 27.7. The van der Waals surface area contributed by atoms with Crippen molar-refractivity contribution >= 4 is 44.8 Å². The molecule has 4 aromatic rings. The zero-order chi connectivity index (χ0) is 22.6. The molecule has 0 aromatic heterocycles. The van der Waals surface area contributed by atoms with Gasteiger partial charge in [0.2, 0.25) is 0 Å². The minimum Gasteiger partial charge on any atom is -0.452 e. The number of ether oxygens (including phenoxy) is 2. The van der Waals surface area contributed by atoms with Gasteiger partial charge in [0.1, 0.15) is 0 Å². The third kappa shape index (κ3) is 4.52. The number of fused-ring (bicyclic) bond motifs is 2. The quantitative estimate of drug-likeness (QED) is 0.362. The molecule has 1 aliphatic rings. The molecule has 1 heterocycles. The molecule has 0 bridgehead atoms. The van der Waals surface area contributed by atoms with Gasteiger partial charge >= 0.3 is 5.97 Å². The molecule has 0 spiro atoms. The van der Waals surface area contributed by atoms with Crippen LogP contribution < -0.4 is 10.2 Å². The Kier molecular flexibility index (Phi) is 5.91. The third-order valence-corrected chi connectivity index (χ3v) is 5.84. The fraction of sp³-hybridized carbons (Fsp3) is 0.185. The number of nitrogens with one attached hydrogen (secondary N) is 1. The van der Waals surface area contributed by atoms with Crippen molar-refractivity contribution in [3.05, 3.63) is 84.4 Å². The Morgan fingerprint density at radius 1 is 0.848 bits per heavy atom. The Morgan fingerprint density at radius 2 is 1.45 bits per heavy atom. The lowest BCUT2D eigenvalue weighted by molar-refractivity contribution is -0.119. The van der Waals surface area contributed by atoms with Gasteiger partial charge in [0.15, 0.2) is 6.61 Å². The number of esters is 1. The first kappa shape index (κ1) is 21.0. The topological polar surface area (TPSA) is 67.9 Å². The van der Waals surface area contributed by atoms with E-state index < -0.39 is 5.97 Å². The van der Waals surface area contributed by atoms with Gasteiger partial charge < -0.3 is 19.7 Å². The van der Waals surface area contributed by atoms with Gasteiger partial charge in [0.05, 0.1) is 18.8 Å². The molecular formula is C27H24N2O4. The van der Waals surface area contributed by atoms with Crippen LogP contribution in [-0.4, -0.2) is 44.8 Å². The van der Waals surface area contributed by atoms with Gasteiger partial charge in [-0.05, 0) is 51.9 Å². The second kappa shape index (κ2) is 9.30. The first-order valence-electron chi connectivity index (χ1n) is 11.0. The number of carbonyl (C=O) groups excluding carboxylic acids is 2. The van der Waals surface area contributed by atoms with Crippen molar-refractivity contribution < 1.29 is 19.1 Å². The van der Waals surface area contributed by atoms with Crippen LogP contribution in [0.3, 0.4) is 0 Å². The standard InChI is InChI=1S/C27H24N2O4/c30-25(28-21-9-11-22(12-10-21)29-13-15-32-16-14-29)18-33-27(31)26-23-7-3-1-5-19(23)17-20-6-2-4-8-24(20)26/h1-12,17H,13-16,18H2,(H,28,30). The highest BCUT2D eigenvalue weighted by atomic mass is 16.5. The molecule has 5 rings (SSSR count). The van der Waals surface area contributed by atoms with E-state index in [0.29, 0.717) is 11.3 Å². The van der Waals surface area contributed by atoms with Gasteiger partial charge in [-0.15, -0.1) is 0 Å². The molecule has 6 heteroatoms. The van der Waals surface area contributed by atoms with Crippen LogP contribution >= 0.6 is 0 Å². The Morgan fingerprint density at radius 3 is 2.09 bits per heavy atom. The number of benzene rings is 4. The van der Waals surface area contributed by atoms with Gasteiger partial charge in [-0.25, -0.2) is 4.79 Å². The summed E-state index contributed by atoms with van der Waals surface area (Å²) in [6.07, 6.45) is 0. The molecule has 1 saturated heterocycles. The van der Waals surface area contributed by atoms with E-state index in [4.69, 9.17) is 9.47 Å². The molecule has 0 unspecified atom stereocenters. The number of rotatable bonds is 5. The van der Waals surface area contributed by atoms with Crippen LogP contribution in [0.5, 0.6) is 0 Å². The second-order valence-electron chi connectivity index (χ2n) is 7.96. The van der Waals surface area contributed by atoms with Crippen molar-refractivity contribution in [3.63, 3.8) is 0 Å². The number of morpholine rings is 1. The van der Waals surface area contributed by atoms with Crippen molar-refractivity contribution in [2.45, 2.75) is 0 Å². The van der Waals surface area contributed by atoms with Crippen LogP contribution in [0.2, 0.25) is 0 Å². The highest BCUT2D eigenvalue weighted by Gasteiger charge is 2.18. The summed E-state index contributed by atoms with van der Waals surface area (Å²) in [5.41, 5.74) is 2.22. The van der Waals surface area contributed by atoms with E-state index in [1.54, 1.807) is 0 Å². The second-order valence-corrected chi connectivity index (χ2v) is 7.96. The number of hydrogen-bond donors (Lipinski definition) is 1. The number of anilines is 2. The fourth-order valence-electron chi connectivity index (χ4n) is 4.21. The summed E-state index contributed by atoms with van der Waals surface area (Å²) in [6, 6.07) is 25.1. The number of amides is 1. The monoisotopic (exact) mass is 440 g/mol. The number of carbonyl (C=O) groups is 2. The smallest absolute Gasteiger partial charge is 0.339 e. The highest BCUT2D eigenvalue weighted by molar-refractivity contribution is 6.16. The molecule has 4 aromatic carbocycles. The van der Waals surface area contributed by atoms with Gasteiger partial charge in [-0.2, -0.15) is 0 Å². The van der Waals surface area contributed by atoms with Crippen molar-refractivity contribution in [2.75, 3.05) is 43.1 Å². The molecule has 166 valence electrons. The van der Waals surface area contributed by atoms with Crippen molar-refractivity contribution in [3.8, 4) is 0 Å². The number of nitrogens with zero attached hydrogens (tertiary/aromatic N) is 1. The first-order chi connectivity index (χ1) is 16.2. The summed E-state index contributed by atoms with van der Waals surface area (Å²) < 4.78 is 10.8. The Balaban J connectivity index is 1.27. The highest BCUT2D eigenvalue weighted by Crippen LogP contribution is 2.29. The normalized spacial score (nSPS) is 13.8. The van der Waals surface area contributed by atoms with E-state index in [0.717, 1.165) is 53.5 Å². The summed E-state index contributed by atoms with van der Waals surface area (Å²) in [6.45, 7) is 2.78. The largest absolute Gasteiger partial charge is 0.452 e. The van der Waals surface area contributed by atoms with E-state index in [9.17, 15) is 9.59 Å². The predicted octanol–water partition coefficient (Wildman–Crippen LogP) is 4.63.